The van der Waals surface area contributed by atoms with Crippen molar-refractivity contribution in [1.82, 2.24) is 19.2 Å². The van der Waals surface area contributed by atoms with Gasteiger partial charge in [-0.3, -0.25) is 0 Å². The van der Waals surface area contributed by atoms with Gasteiger partial charge in [-0.05, 0) is 56.4 Å². The number of aromatic amines is 1. The highest BCUT2D eigenvalue weighted by molar-refractivity contribution is 7.87. The molecule has 168 valence electrons. The van der Waals surface area contributed by atoms with Gasteiger partial charge in [-0.2, -0.15) is 22.7 Å². The number of hydrogen-bond acceptors (Lipinski definition) is 6. The average molecular weight is 452 g/mol. The molecule has 1 aromatic heterocycles. The van der Waals surface area contributed by atoms with Crippen LogP contribution in [0.5, 0.6) is 0 Å². The Morgan fingerprint density at radius 3 is 2.55 bits per heavy atom. The largest absolute Gasteiger partial charge is 0.434 e. The third-order valence-electron chi connectivity index (χ3n) is 6.12. The molecule has 2 heterocycles. The summed E-state index contributed by atoms with van der Waals surface area (Å²) in [6, 6.07) is 4.08. The zero-order chi connectivity index (χ0) is 23.0. The molecule has 0 unspecified atom stereocenters. The van der Waals surface area contributed by atoms with Crippen molar-refractivity contribution in [2.75, 3.05) is 13.1 Å². The molecule has 1 aromatic carbocycles. The number of hydrogen-bond donors (Lipinski definition) is 2. The summed E-state index contributed by atoms with van der Waals surface area (Å²) in [5, 5.41) is 15.2. The number of nitriles is 1. The van der Waals surface area contributed by atoms with Crippen molar-refractivity contribution in [3.8, 4) is 6.07 Å². The summed E-state index contributed by atoms with van der Waals surface area (Å²) in [6.07, 6.45) is 0.793. The fourth-order valence-corrected chi connectivity index (χ4v) is 5.28. The minimum absolute atomic E-state index is 0.169. The van der Waals surface area contributed by atoms with Crippen LogP contribution in [0.1, 0.15) is 61.2 Å². The highest BCUT2D eigenvalue weighted by Gasteiger charge is 2.38. The van der Waals surface area contributed by atoms with Crippen LogP contribution in [-0.4, -0.2) is 36.0 Å². The van der Waals surface area contributed by atoms with Gasteiger partial charge >= 0.3 is 5.76 Å². The molecule has 0 spiro atoms. The van der Waals surface area contributed by atoms with Crippen LogP contribution in [0.15, 0.2) is 21.3 Å². The fraction of sp³-hybridized carbons (Fsp3) is 0.550. The third kappa shape index (κ3) is 4.71. The zero-order valence-corrected chi connectivity index (χ0v) is 18.7. The van der Waals surface area contributed by atoms with Crippen LogP contribution in [-0.2, 0) is 10.2 Å². The maximum absolute atomic E-state index is 14.7. The summed E-state index contributed by atoms with van der Waals surface area (Å²) < 4.78 is 49.8. The predicted octanol–water partition coefficient (Wildman–Crippen LogP) is 2.42. The zero-order valence-electron chi connectivity index (χ0n) is 17.9. The van der Waals surface area contributed by atoms with Gasteiger partial charge in [0.15, 0.2) is 0 Å². The van der Waals surface area contributed by atoms with E-state index >= 15 is 0 Å². The Balaban J connectivity index is 1.95. The molecule has 1 aliphatic heterocycles. The molecule has 1 aliphatic rings. The molecule has 0 aliphatic carbocycles. The maximum atomic E-state index is 14.7. The fourth-order valence-electron chi connectivity index (χ4n) is 3.84. The molecule has 0 amide bonds. The number of H-pyrrole nitrogens is 1. The van der Waals surface area contributed by atoms with Crippen molar-refractivity contribution in [2.24, 2.45) is 5.41 Å². The van der Waals surface area contributed by atoms with Crippen LogP contribution in [0.4, 0.5) is 4.39 Å². The molecule has 2 atom stereocenters. The summed E-state index contributed by atoms with van der Waals surface area (Å²) >= 11 is 0. The Morgan fingerprint density at radius 2 is 2.00 bits per heavy atom. The van der Waals surface area contributed by atoms with E-state index in [4.69, 9.17) is 4.42 Å². The number of rotatable bonds is 6. The Bertz CT molecular complexity index is 1160. The number of benzene rings is 1. The predicted molar refractivity (Wildman–Crippen MR) is 111 cm³/mol. The first-order chi connectivity index (χ1) is 14.5. The molecule has 3 rings (SSSR count). The van der Waals surface area contributed by atoms with Crippen molar-refractivity contribution in [2.45, 2.75) is 52.5 Å². The second kappa shape index (κ2) is 8.53. The van der Waals surface area contributed by atoms with Crippen molar-refractivity contribution in [3.63, 3.8) is 0 Å². The average Bonchev–Trinajstić information content (AvgIpc) is 3.15. The van der Waals surface area contributed by atoms with Crippen molar-refractivity contribution in [1.29, 1.82) is 5.26 Å². The Kier molecular flexibility index (Phi) is 6.36. The van der Waals surface area contributed by atoms with Crippen molar-refractivity contribution >= 4 is 10.2 Å². The topological polar surface area (TPSA) is 132 Å². The summed E-state index contributed by atoms with van der Waals surface area (Å²) in [7, 11) is -4.03. The number of piperidine rings is 1. The molecule has 0 saturated carbocycles. The maximum Gasteiger partial charge on any atom is 0.434 e. The third-order valence-corrected chi connectivity index (χ3v) is 7.72. The smallest absolute Gasteiger partial charge is 0.391 e. The SMILES string of the molecule is Cc1ccc(F)c([C@@H](C)[C@H](NS(=O)(=O)N2CCC(C)(C#N)CC2)c2n[nH]c(=O)o2)c1C. The lowest BCUT2D eigenvalue weighted by Gasteiger charge is -2.35. The van der Waals surface area contributed by atoms with Crippen LogP contribution in [0, 0.1) is 36.4 Å². The van der Waals surface area contributed by atoms with Gasteiger partial charge in [-0.15, -0.1) is 5.10 Å². The molecule has 31 heavy (non-hydrogen) atoms. The van der Waals surface area contributed by atoms with Crippen LogP contribution < -0.4 is 10.5 Å². The minimum atomic E-state index is -4.03. The van der Waals surface area contributed by atoms with E-state index in [0.29, 0.717) is 24.0 Å². The van der Waals surface area contributed by atoms with E-state index in [1.54, 1.807) is 26.8 Å². The number of aromatic nitrogens is 2. The van der Waals surface area contributed by atoms with E-state index in [9.17, 15) is 22.9 Å². The summed E-state index contributed by atoms with van der Waals surface area (Å²) in [4.78, 5) is 11.5. The lowest BCUT2D eigenvalue weighted by Crippen LogP contribution is -2.48. The van der Waals surface area contributed by atoms with Crippen molar-refractivity contribution < 1.29 is 17.2 Å². The molecule has 2 aromatic rings. The number of halogens is 1. The molecule has 1 fully saturated rings. The highest BCUT2D eigenvalue weighted by Crippen LogP contribution is 2.36. The van der Waals surface area contributed by atoms with Gasteiger partial charge in [0.05, 0.1) is 11.5 Å². The normalized spacial score (nSPS) is 19.0. The Morgan fingerprint density at radius 1 is 1.35 bits per heavy atom. The van der Waals surface area contributed by atoms with Crippen LogP contribution in [0.25, 0.3) is 0 Å². The van der Waals surface area contributed by atoms with Crippen LogP contribution in [0.3, 0.4) is 0 Å². The highest BCUT2D eigenvalue weighted by atomic mass is 32.2. The summed E-state index contributed by atoms with van der Waals surface area (Å²) in [5.74, 6) is -2.23. The standard InChI is InChI=1S/C20H26FN5O4S/c1-12-5-6-15(21)16(13(12)2)14(3)17(18-23-24-19(27)30-18)25-31(28,29)26-9-7-20(4,11-22)8-10-26/h5-6,14,17,25H,7-10H2,1-4H3,(H,24,27)/t14-,17+/m1/s1. The molecule has 2 N–H and O–H groups in total. The van der Waals surface area contributed by atoms with Gasteiger partial charge in [-0.1, -0.05) is 13.0 Å². The van der Waals surface area contributed by atoms with Crippen molar-refractivity contribution in [3.05, 3.63) is 51.1 Å². The van der Waals surface area contributed by atoms with Crippen LogP contribution in [0.2, 0.25) is 0 Å². The Hall–Kier alpha value is -2.55. The summed E-state index contributed by atoms with van der Waals surface area (Å²) in [6.45, 7) is 7.38. The summed E-state index contributed by atoms with van der Waals surface area (Å²) in [5.41, 5.74) is 1.27. The lowest BCUT2D eigenvalue weighted by atomic mass is 9.83. The van der Waals surface area contributed by atoms with Crippen LogP contribution >= 0.6 is 0 Å². The second-order valence-corrected chi connectivity index (χ2v) is 10.0. The van der Waals surface area contributed by atoms with Gasteiger partial charge in [0, 0.05) is 19.0 Å². The van der Waals surface area contributed by atoms with E-state index in [1.807, 2.05) is 6.92 Å². The van der Waals surface area contributed by atoms with Gasteiger partial charge in [0.25, 0.3) is 10.2 Å². The number of nitrogens with zero attached hydrogens (tertiary/aromatic N) is 3. The monoisotopic (exact) mass is 451 g/mol. The first-order valence-corrected chi connectivity index (χ1v) is 11.4. The molecule has 11 heteroatoms. The van der Waals surface area contributed by atoms with Gasteiger partial charge < -0.3 is 4.42 Å². The quantitative estimate of drug-likeness (QED) is 0.693. The lowest BCUT2D eigenvalue weighted by molar-refractivity contribution is 0.228. The molecule has 0 radical (unpaired) electrons. The number of aryl methyl sites for hydroxylation is 1. The molecular weight excluding hydrogens is 425 g/mol. The minimum Gasteiger partial charge on any atom is -0.391 e. The van der Waals surface area contributed by atoms with E-state index in [0.717, 1.165) is 5.56 Å². The second-order valence-electron chi connectivity index (χ2n) is 8.32. The van der Waals surface area contributed by atoms with E-state index in [1.165, 1.54) is 10.4 Å². The molecular formula is C20H26FN5O4S. The molecule has 0 bridgehead atoms. The van der Waals surface area contributed by atoms with Gasteiger partial charge in [-0.25, -0.2) is 14.3 Å². The molecule has 1 saturated heterocycles. The number of nitrogens with one attached hydrogen (secondary N) is 2. The van der Waals surface area contributed by atoms with Gasteiger partial charge in [0.1, 0.15) is 11.9 Å². The van der Waals surface area contributed by atoms with E-state index in [-0.39, 0.29) is 19.0 Å². The van der Waals surface area contributed by atoms with Gasteiger partial charge in [0.2, 0.25) is 5.89 Å². The Labute approximate surface area is 180 Å². The van der Waals surface area contributed by atoms with E-state index in [2.05, 4.69) is 21.0 Å². The van der Waals surface area contributed by atoms with E-state index < -0.39 is 39.2 Å². The molecule has 9 nitrogen and oxygen atoms in total. The first-order valence-electron chi connectivity index (χ1n) is 9.97. The first kappa shape index (κ1) is 23.1.